The van der Waals surface area contributed by atoms with Crippen molar-refractivity contribution in [1.82, 2.24) is 0 Å². The van der Waals surface area contributed by atoms with E-state index in [0.717, 1.165) is 4.88 Å². The highest BCUT2D eigenvalue weighted by Crippen LogP contribution is 2.34. The van der Waals surface area contributed by atoms with Crippen molar-refractivity contribution in [3.8, 4) is 0 Å². The van der Waals surface area contributed by atoms with Crippen LogP contribution in [0.15, 0.2) is 18.7 Å². The SMILES string of the molecule is C=CCOC(=O)c1sc(C(C)(C)C)cc1N. The zero-order chi connectivity index (χ0) is 12.3. The van der Waals surface area contributed by atoms with Crippen molar-refractivity contribution in [2.45, 2.75) is 26.2 Å². The third kappa shape index (κ3) is 2.85. The Bertz CT molecular complexity index is 402. The van der Waals surface area contributed by atoms with Crippen LogP contribution in [0.4, 0.5) is 5.69 Å². The smallest absolute Gasteiger partial charge is 0.350 e. The van der Waals surface area contributed by atoms with Crippen molar-refractivity contribution in [1.29, 1.82) is 0 Å². The number of ether oxygens (including phenoxy) is 1. The summed E-state index contributed by atoms with van der Waals surface area (Å²) < 4.78 is 4.96. The lowest BCUT2D eigenvalue weighted by atomic mass is 9.95. The normalized spacial score (nSPS) is 11.2. The first kappa shape index (κ1) is 12.8. The Balaban J connectivity index is 2.94. The third-order valence-corrected chi connectivity index (χ3v) is 3.57. The summed E-state index contributed by atoms with van der Waals surface area (Å²) in [6, 6.07) is 1.84. The van der Waals surface area contributed by atoms with E-state index >= 15 is 0 Å². The summed E-state index contributed by atoms with van der Waals surface area (Å²) in [7, 11) is 0. The number of carbonyl (C=O) groups is 1. The number of esters is 1. The second-order valence-corrected chi connectivity index (χ2v) is 5.58. The summed E-state index contributed by atoms with van der Waals surface area (Å²) in [5, 5.41) is 0. The molecule has 4 heteroatoms. The molecule has 2 N–H and O–H groups in total. The van der Waals surface area contributed by atoms with E-state index in [1.54, 1.807) is 0 Å². The van der Waals surface area contributed by atoms with Gasteiger partial charge in [-0.3, -0.25) is 0 Å². The fourth-order valence-electron chi connectivity index (χ4n) is 1.13. The molecule has 0 atom stereocenters. The summed E-state index contributed by atoms with van der Waals surface area (Å²) in [5.41, 5.74) is 6.28. The predicted octanol–water partition coefficient (Wildman–Crippen LogP) is 2.97. The average Bonchev–Trinajstić information content (AvgIpc) is 2.56. The number of nitrogen functional groups attached to an aromatic ring is 1. The standard InChI is InChI=1S/C12H17NO2S/c1-5-6-15-11(14)10-8(13)7-9(16-10)12(2,3)4/h5,7H,1,6,13H2,2-4H3. The van der Waals surface area contributed by atoms with Crippen molar-refractivity contribution in [2.24, 2.45) is 0 Å². The summed E-state index contributed by atoms with van der Waals surface area (Å²) >= 11 is 1.39. The molecular formula is C12H17NO2S. The minimum absolute atomic E-state index is 0.00421. The Hall–Kier alpha value is -1.29. The summed E-state index contributed by atoms with van der Waals surface area (Å²) in [6.45, 7) is 9.94. The Morgan fingerprint density at radius 1 is 1.62 bits per heavy atom. The molecule has 0 saturated heterocycles. The van der Waals surface area contributed by atoms with Crippen molar-refractivity contribution in [3.63, 3.8) is 0 Å². The number of anilines is 1. The van der Waals surface area contributed by atoms with Gasteiger partial charge in [0.05, 0.1) is 5.69 Å². The van der Waals surface area contributed by atoms with E-state index in [1.165, 1.54) is 17.4 Å². The molecule has 0 aromatic carbocycles. The van der Waals surface area contributed by atoms with Gasteiger partial charge < -0.3 is 10.5 Å². The fraction of sp³-hybridized carbons (Fsp3) is 0.417. The van der Waals surface area contributed by atoms with E-state index in [9.17, 15) is 4.79 Å². The van der Waals surface area contributed by atoms with E-state index < -0.39 is 0 Å². The molecule has 1 aromatic rings. The second kappa shape index (κ2) is 4.70. The van der Waals surface area contributed by atoms with E-state index in [2.05, 4.69) is 27.4 Å². The second-order valence-electron chi connectivity index (χ2n) is 4.53. The van der Waals surface area contributed by atoms with Crippen LogP contribution in [0.2, 0.25) is 0 Å². The molecule has 1 heterocycles. The number of thiophene rings is 1. The van der Waals surface area contributed by atoms with Gasteiger partial charge in [0.15, 0.2) is 0 Å². The molecule has 0 radical (unpaired) electrons. The maximum atomic E-state index is 11.6. The topological polar surface area (TPSA) is 52.3 Å². The van der Waals surface area contributed by atoms with Crippen molar-refractivity contribution >= 4 is 23.0 Å². The van der Waals surface area contributed by atoms with Gasteiger partial charge in [0.25, 0.3) is 0 Å². The van der Waals surface area contributed by atoms with Gasteiger partial charge >= 0.3 is 5.97 Å². The van der Waals surface area contributed by atoms with Crippen LogP contribution in [-0.2, 0) is 10.2 Å². The molecule has 0 unspecified atom stereocenters. The van der Waals surface area contributed by atoms with Gasteiger partial charge in [0.1, 0.15) is 11.5 Å². The first-order chi connectivity index (χ1) is 7.36. The molecule has 3 nitrogen and oxygen atoms in total. The minimum atomic E-state index is -0.377. The number of nitrogens with two attached hydrogens (primary N) is 1. The highest BCUT2D eigenvalue weighted by molar-refractivity contribution is 7.14. The van der Waals surface area contributed by atoms with Gasteiger partial charge in [0.2, 0.25) is 0 Å². The average molecular weight is 239 g/mol. The van der Waals surface area contributed by atoms with Crippen LogP contribution < -0.4 is 5.73 Å². The molecule has 16 heavy (non-hydrogen) atoms. The molecule has 0 aliphatic carbocycles. The van der Waals surface area contributed by atoms with Gasteiger partial charge in [-0.2, -0.15) is 0 Å². The molecule has 0 amide bonds. The first-order valence-corrected chi connectivity index (χ1v) is 5.85. The fourth-order valence-corrected chi connectivity index (χ4v) is 2.17. The molecule has 0 aliphatic rings. The van der Waals surface area contributed by atoms with Crippen molar-refractivity contribution < 1.29 is 9.53 Å². The largest absolute Gasteiger partial charge is 0.457 e. The van der Waals surface area contributed by atoms with Crippen LogP contribution >= 0.6 is 11.3 Å². The van der Waals surface area contributed by atoms with E-state index in [4.69, 9.17) is 10.5 Å². The van der Waals surface area contributed by atoms with E-state index in [-0.39, 0.29) is 18.0 Å². The van der Waals surface area contributed by atoms with Crippen LogP contribution in [0, 0.1) is 0 Å². The monoisotopic (exact) mass is 239 g/mol. The van der Waals surface area contributed by atoms with Gasteiger partial charge in [-0.05, 0) is 11.5 Å². The van der Waals surface area contributed by atoms with Gasteiger partial charge in [-0.25, -0.2) is 4.79 Å². The van der Waals surface area contributed by atoms with Gasteiger partial charge in [0, 0.05) is 4.88 Å². The van der Waals surface area contributed by atoms with Crippen LogP contribution in [0.1, 0.15) is 35.3 Å². The Morgan fingerprint density at radius 2 is 2.25 bits per heavy atom. The molecule has 0 fully saturated rings. The lowest BCUT2D eigenvalue weighted by Gasteiger charge is -2.14. The minimum Gasteiger partial charge on any atom is -0.457 e. The summed E-state index contributed by atoms with van der Waals surface area (Å²) in [5.74, 6) is -0.377. The van der Waals surface area contributed by atoms with E-state index in [1.807, 2.05) is 6.07 Å². The molecular weight excluding hydrogens is 222 g/mol. The quantitative estimate of drug-likeness (QED) is 0.651. The molecule has 0 aliphatic heterocycles. The first-order valence-electron chi connectivity index (χ1n) is 5.04. The lowest BCUT2D eigenvalue weighted by Crippen LogP contribution is -2.08. The lowest BCUT2D eigenvalue weighted by molar-refractivity contribution is 0.0556. The molecule has 1 aromatic heterocycles. The van der Waals surface area contributed by atoms with E-state index in [0.29, 0.717) is 10.6 Å². The number of hydrogen-bond acceptors (Lipinski definition) is 4. The molecule has 0 saturated carbocycles. The van der Waals surface area contributed by atoms with Crippen LogP contribution in [0.3, 0.4) is 0 Å². The summed E-state index contributed by atoms with van der Waals surface area (Å²) in [6.07, 6.45) is 1.53. The summed E-state index contributed by atoms with van der Waals surface area (Å²) in [4.78, 5) is 13.2. The molecule has 1 rings (SSSR count). The highest BCUT2D eigenvalue weighted by atomic mass is 32.1. The van der Waals surface area contributed by atoms with Crippen LogP contribution in [-0.4, -0.2) is 12.6 Å². The maximum absolute atomic E-state index is 11.6. The van der Waals surface area contributed by atoms with Crippen LogP contribution in [0.25, 0.3) is 0 Å². The Labute approximate surface area is 99.9 Å². The number of hydrogen-bond donors (Lipinski definition) is 1. The van der Waals surface area contributed by atoms with Gasteiger partial charge in [-0.1, -0.05) is 33.4 Å². The molecule has 0 bridgehead atoms. The zero-order valence-corrected chi connectivity index (χ0v) is 10.7. The van der Waals surface area contributed by atoms with Gasteiger partial charge in [-0.15, -0.1) is 11.3 Å². The van der Waals surface area contributed by atoms with Crippen LogP contribution in [0.5, 0.6) is 0 Å². The Kier molecular flexibility index (Phi) is 3.75. The number of carbonyl (C=O) groups excluding carboxylic acids is 1. The maximum Gasteiger partial charge on any atom is 0.350 e. The van der Waals surface area contributed by atoms with Crippen molar-refractivity contribution in [3.05, 3.63) is 28.5 Å². The predicted molar refractivity (Wildman–Crippen MR) is 67.9 cm³/mol. The molecule has 0 spiro atoms. The zero-order valence-electron chi connectivity index (χ0n) is 9.87. The van der Waals surface area contributed by atoms with Crippen molar-refractivity contribution in [2.75, 3.05) is 12.3 Å². The Morgan fingerprint density at radius 3 is 2.69 bits per heavy atom. The number of rotatable bonds is 3. The molecule has 88 valence electrons. The third-order valence-electron chi connectivity index (χ3n) is 2.02. The highest BCUT2D eigenvalue weighted by Gasteiger charge is 2.22.